The third-order valence-electron chi connectivity index (χ3n) is 3.81. The number of amides is 2. The second-order valence-electron chi connectivity index (χ2n) is 5.03. The zero-order valence-corrected chi connectivity index (χ0v) is 10.1. The molecule has 4 heteroatoms. The summed E-state index contributed by atoms with van der Waals surface area (Å²) in [5.41, 5.74) is 2.32. The molecule has 2 fully saturated rings. The minimum Gasteiger partial charge on any atom is -0.315 e. The van der Waals surface area contributed by atoms with Crippen LogP contribution in [0.1, 0.15) is 35.8 Å². The van der Waals surface area contributed by atoms with Gasteiger partial charge in [0.05, 0.1) is 5.92 Å². The maximum atomic E-state index is 11.8. The van der Waals surface area contributed by atoms with E-state index >= 15 is 0 Å². The predicted octanol–water partition coefficient (Wildman–Crippen LogP) is 0.894. The molecular weight excluding hydrogens is 228 g/mol. The number of rotatable bonds is 2. The number of hydrogen-bond donors (Lipinski definition) is 2. The molecule has 2 amide bonds. The average Bonchev–Trinajstić information content (AvgIpc) is 2.27. The molecule has 2 heterocycles. The first-order valence-electron chi connectivity index (χ1n) is 6.38. The summed E-state index contributed by atoms with van der Waals surface area (Å²) in [7, 11) is 0. The van der Waals surface area contributed by atoms with Crippen molar-refractivity contribution >= 4 is 11.8 Å². The number of imide groups is 1. The predicted molar refractivity (Wildman–Crippen MR) is 67.2 cm³/mol. The minimum absolute atomic E-state index is 0.157. The fraction of sp³-hybridized carbons (Fsp3) is 0.429. The molecule has 2 aliphatic rings. The van der Waals surface area contributed by atoms with Gasteiger partial charge in [0.2, 0.25) is 11.8 Å². The molecule has 0 aliphatic carbocycles. The van der Waals surface area contributed by atoms with Crippen LogP contribution >= 0.6 is 0 Å². The minimum atomic E-state index is -0.171. The van der Waals surface area contributed by atoms with Gasteiger partial charge in [0.1, 0.15) is 0 Å². The monoisotopic (exact) mass is 244 g/mol. The van der Waals surface area contributed by atoms with Gasteiger partial charge in [-0.05, 0) is 17.5 Å². The van der Waals surface area contributed by atoms with E-state index in [1.807, 2.05) is 12.1 Å². The number of carbonyl (C=O) groups excluding carboxylic acids is 2. The molecule has 0 saturated carbocycles. The summed E-state index contributed by atoms with van der Waals surface area (Å²) in [5, 5.41) is 5.66. The zero-order chi connectivity index (χ0) is 12.5. The van der Waals surface area contributed by atoms with Crippen molar-refractivity contribution in [1.82, 2.24) is 10.6 Å². The van der Waals surface area contributed by atoms with Crippen LogP contribution in [-0.2, 0) is 9.59 Å². The summed E-state index contributed by atoms with van der Waals surface area (Å²) < 4.78 is 0. The van der Waals surface area contributed by atoms with E-state index in [0.717, 1.165) is 18.7 Å². The molecular formula is C14H16N2O2. The summed E-state index contributed by atoms with van der Waals surface area (Å²) in [6.07, 6.45) is 1.06. The van der Waals surface area contributed by atoms with Gasteiger partial charge in [0, 0.05) is 25.4 Å². The second kappa shape index (κ2) is 4.53. The molecule has 18 heavy (non-hydrogen) atoms. The molecule has 3 rings (SSSR count). The van der Waals surface area contributed by atoms with E-state index in [1.54, 1.807) is 0 Å². The first kappa shape index (κ1) is 11.4. The Bertz CT molecular complexity index is 494. The van der Waals surface area contributed by atoms with E-state index in [9.17, 15) is 9.59 Å². The molecule has 0 spiro atoms. The normalized spacial score (nSPS) is 24.6. The quantitative estimate of drug-likeness (QED) is 0.760. The standard InChI is InChI=1S/C14H16N2O2/c17-13-5-4-12(14(18)16-13)10-3-1-2-9(6-10)11-7-15-8-11/h1-3,6,11-12,15H,4-5,7-8H2,(H,16,17,18). The van der Waals surface area contributed by atoms with Crippen LogP contribution in [0.5, 0.6) is 0 Å². The van der Waals surface area contributed by atoms with Crippen LogP contribution in [-0.4, -0.2) is 24.9 Å². The summed E-state index contributed by atoms with van der Waals surface area (Å²) in [5.74, 6) is 0.0830. The van der Waals surface area contributed by atoms with Crippen LogP contribution in [0.15, 0.2) is 24.3 Å². The van der Waals surface area contributed by atoms with Crippen LogP contribution in [0.4, 0.5) is 0 Å². The summed E-state index contributed by atoms with van der Waals surface area (Å²) >= 11 is 0. The first-order chi connectivity index (χ1) is 8.74. The molecule has 2 aliphatic heterocycles. The number of carbonyl (C=O) groups is 2. The molecule has 4 nitrogen and oxygen atoms in total. The van der Waals surface area contributed by atoms with Crippen LogP contribution in [0.3, 0.4) is 0 Å². The fourth-order valence-corrected chi connectivity index (χ4v) is 2.57. The Morgan fingerprint density at radius 2 is 1.89 bits per heavy atom. The largest absolute Gasteiger partial charge is 0.315 e. The highest BCUT2D eigenvalue weighted by Crippen LogP contribution is 2.28. The topological polar surface area (TPSA) is 58.2 Å². The van der Waals surface area contributed by atoms with Gasteiger partial charge in [0.25, 0.3) is 0 Å². The van der Waals surface area contributed by atoms with Gasteiger partial charge in [-0.2, -0.15) is 0 Å². The van der Waals surface area contributed by atoms with Crippen molar-refractivity contribution in [1.29, 1.82) is 0 Å². The lowest BCUT2D eigenvalue weighted by Crippen LogP contribution is -2.40. The third kappa shape index (κ3) is 2.04. The molecule has 1 aromatic rings. The van der Waals surface area contributed by atoms with Crippen LogP contribution in [0.25, 0.3) is 0 Å². The Hall–Kier alpha value is -1.68. The lowest BCUT2D eigenvalue weighted by atomic mass is 9.86. The van der Waals surface area contributed by atoms with Crippen LogP contribution < -0.4 is 10.6 Å². The summed E-state index contributed by atoms with van der Waals surface area (Å²) in [6.45, 7) is 2.03. The summed E-state index contributed by atoms with van der Waals surface area (Å²) in [6, 6.07) is 8.22. The first-order valence-corrected chi connectivity index (χ1v) is 6.38. The molecule has 0 aromatic heterocycles. The SMILES string of the molecule is O=C1CCC(c2cccc(C3CNC3)c2)C(=O)N1. The highest BCUT2D eigenvalue weighted by molar-refractivity contribution is 6.00. The van der Waals surface area contributed by atoms with Gasteiger partial charge in [-0.3, -0.25) is 14.9 Å². The Kier molecular flexibility index (Phi) is 2.88. The van der Waals surface area contributed by atoms with Gasteiger partial charge in [0.15, 0.2) is 0 Å². The van der Waals surface area contributed by atoms with Crippen molar-refractivity contribution in [2.24, 2.45) is 0 Å². The zero-order valence-electron chi connectivity index (χ0n) is 10.1. The van der Waals surface area contributed by atoms with Gasteiger partial charge in [-0.25, -0.2) is 0 Å². The van der Waals surface area contributed by atoms with Crippen molar-refractivity contribution in [3.63, 3.8) is 0 Å². The van der Waals surface area contributed by atoms with Gasteiger partial charge >= 0.3 is 0 Å². The smallest absolute Gasteiger partial charge is 0.234 e. The molecule has 2 N–H and O–H groups in total. The molecule has 1 atom stereocenters. The highest BCUT2D eigenvalue weighted by atomic mass is 16.2. The van der Waals surface area contributed by atoms with Gasteiger partial charge in [-0.1, -0.05) is 24.3 Å². The Morgan fingerprint density at radius 1 is 1.11 bits per heavy atom. The molecule has 1 unspecified atom stereocenters. The van der Waals surface area contributed by atoms with Crippen LogP contribution in [0, 0.1) is 0 Å². The third-order valence-corrected chi connectivity index (χ3v) is 3.81. The van der Waals surface area contributed by atoms with E-state index in [1.165, 1.54) is 5.56 Å². The van der Waals surface area contributed by atoms with Crippen molar-refractivity contribution in [2.75, 3.05) is 13.1 Å². The molecule has 94 valence electrons. The van der Waals surface area contributed by atoms with E-state index in [0.29, 0.717) is 18.8 Å². The Labute approximate surface area is 106 Å². The van der Waals surface area contributed by atoms with Crippen molar-refractivity contribution < 1.29 is 9.59 Å². The average molecular weight is 244 g/mol. The van der Waals surface area contributed by atoms with Crippen molar-refractivity contribution in [2.45, 2.75) is 24.7 Å². The number of piperidine rings is 1. The molecule has 2 saturated heterocycles. The Morgan fingerprint density at radius 3 is 2.56 bits per heavy atom. The van der Waals surface area contributed by atoms with Crippen LogP contribution in [0.2, 0.25) is 0 Å². The Balaban J connectivity index is 1.82. The lowest BCUT2D eigenvalue weighted by Gasteiger charge is -2.28. The summed E-state index contributed by atoms with van der Waals surface area (Å²) in [4.78, 5) is 23.0. The number of benzene rings is 1. The maximum Gasteiger partial charge on any atom is 0.234 e. The van der Waals surface area contributed by atoms with E-state index in [2.05, 4.69) is 22.8 Å². The van der Waals surface area contributed by atoms with E-state index in [-0.39, 0.29) is 17.7 Å². The van der Waals surface area contributed by atoms with Crippen molar-refractivity contribution in [3.8, 4) is 0 Å². The number of nitrogens with one attached hydrogen (secondary N) is 2. The van der Waals surface area contributed by atoms with Crippen molar-refractivity contribution in [3.05, 3.63) is 35.4 Å². The molecule has 0 bridgehead atoms. The lowest BCUT2D eigenvalue weighted by molar-refractivity contribution is -0.134. The maximum absolute atomic E-state index is 11.8. The van der Waals surface area contributed by atoms with E-state index < -0.39 is 0 Å². The van der Waals surface area contributed by atoms with E-state index in [4.69, 9.17) is 0 Å². The number of hydrogen-bond acceptors (Lipinski definition) is 3. The second-order valence-corrected chi connectivity index (χ2v) is 5.03. The fourth-order valence-electron chi connectivity index (χ4n) is 2.57. The highest BCUT2D eigenvalue weighted by Gasteiger charge is 2.28. The van der Waals surface area contributed by atoms with Gasteiger partial charge in [-0.15, -0.1) is 0 Å². The molecule has 1 aromatic carbocycles. The molecule has 0 radical (unpaired) electrons. The van der Waals surface area contributed by atoms with Gasteiger partial charge < -0.3 is 5.32 Å².